The van der Waals surface area contributed by atoms with Crippen molar-refractivity contribution >= 4 is 11.7 Å². The van der Waals surface area contributed by atoms with E-state index in [9.17, 15) is 4.79 Å². The SMILES string of the molecule is COc1cccc(CN2CCN(c3cc(C4CCC4)ncn3)CC2=O)c1. The van der Waals surface area contributed by atoms with Gasteiger partial charge in [0.05, 0.1) is 13.7 Å². The van der Waals surface area contributed by atoms with Crippen molar-refractivity contribution < 1.29 is 9.53 Å². The molecule has 136 valence electrons. The van der Waals surface area contributed by atoms with Crippen molar-refractivity contribution in [1.82, 2.24) is 14.9 Å². The fourth-order valence-electron chi connectivity index (χ4n) is 3.52. The third-order valence-corrected chi connectivity index (χ3v) is 5.35. The average molecular weight is 352 g/mol. The molecule has 6 heteroatoms. The van der Waals surface area contributed by atoms with Crippen molar-refractivity contribution in [2.75, 3.05) is 31.6 Å². The quantitative estimate of drug-likeness (QED) is 0.828. The highest BCUT2D eigenvalue weighted by Crippen LogP contribution is 2.35. The zero-order valence-corrected chi connectivity index (χ0v) is 15.1. The van der Waals surface area contributed by atoms with Gasteiger partial charge in [-0.1, -0.05) is 18.6 Å². The third kappa shape index (κ3) is 3.49. The minimum absolute atomic E-state index is 0.128. The normalized spacial score (nSPS) is 18.0. The predicted molar refractivity (Wildman–Crippen MR) is 99.2 cm³/mol. The van der Waals surface area contributed by atoms with Crippen LogP contribution in [0.15, 0.2) is 36.7 Å². The molecule has 1 saturated heterocycles. The van der Waals surface area contributed by atoms with Gasteiger partial charge < -0.3 is 14.5 Å². The highest BCUT2D eigenvalue weighted by Gasteiger charge is 2.26. The summed E-state index contributed by atoms with van der Waals surface area (Å²) in [7, 11) is 1.66. The molecule has 2 aliphatic rings. The Morgan fingerprint density at radius 1 is 1.19 bits per heavy atom. The largest absolute Gasteiger partial charge is 0.497 e. The summed E-state index contributed by atoms with van der Waals surface area (Å²) in [6.07, 6.45) is 5.34. The van der Waals surface area contributed by atoms with Crippen LogP contribution in [0.5, 0.6) is 5.75 Å². The Balaban J connectivity index is 1.41. The smallest absolute Gasteiger partial charge is 0.242 e. The molecule has 0 radical (unpaired) electrons. The van der Waals surface area contributed by atoms with Crippen LogP contribution in [0.3, 0.4) is 0 Å². The molecule has 1 aromatic heterocycles. The minimum Gasteiger partial charge on any atom is -0.497 e. The molecule has 0 N–H and O–H groups in total. The molecule has 1 aliphatic carbocycles. The molecule has 0 spiro atoms. The molecule has 2 heterocycles. The van der Waals surface area contributed by atoms with Crippen molar-refractivity contribution in [1.29, 1.82) is 0 Å². The van der Waals surface area contributed by atoms with E-state index in [2.05, 4.69) is 20.9 Å². The van der Waals surface area contributed by atoms with Crippen LogP contribution in [0.25, 0.3) is 0 Å². The summed E-state index contributed by atoms with van der Waals surface area (Å²) < 4.78 is 5.26. The molecule has 1 aromatic carbocycles. The van der Waals surface area contributed by atoms with Gasteiger partial charge >= 0.3 is 0 Å². The van der Waals surface area contributed by atoms with Gasteiger partial charge in [0.15, 0.2) is 0 Å². The van der Waals surface area contributed by atoms with Crippen molar-refractivity contribution in [3.63, 3.8) is 0 Å². The standard InChI is InChI=1S/C20H24N4O2/c1-26-17-7-2-4-15(10-17)12-24-9-8-23(13-20(24)25)19-11-18(21-14-22-19)16-5-3-6-16/h2,4,7,10-11,14,16H,3,5-6,8-9,12-13H2,1H3. The Morgan fingerprint density at radius 2 is 2.08 bits per heavy atom. The van der Waals surface area contributed by atoms with Gasteiger partial charge in [-0.2, -0.15) is 0 Å². The van der Waals surface area contributed by atoms with Crippen LogP contribution in [0.4, 0.5) is 5.82 Å². The Labute approximate surface area is 153 Å². The van der Waals surface area contributed by atoms with Gasteiger partial charge in [0.2, 0.25) is 5.91 Å². The molecule has 0 atom stereocenters. The number of anilines is 1. The van der Waals surface area contributed by atoms with Crippen LogP contribution in [0.1, 0.15) is 36.4 Å². The molecule has 1 saturated carbocycles. The molecule has 6 nitrogen and oxygen atoms in total. The number of amides is 1. The number of methoxy groups -OCH3 is 1. The van der Waals surface area contributed by atoms with E-state index in [0.29, 0.717) is 25.6 Å². The molecular weight excluding hydrogens is 328 g/mol. The summed E-state index contributed by atoms with van der Waals surface area (Å²) >= 11 is 0. The summed E-state index contributed by atoms with van der Waals surface area (Å²) in [6.45, 7) is 2.46. The first-order valence-electron chi connectivity index (χ1n) is 9.20. The third-order valence-electron chi connectivity index (χ3n) is 5.35. The Morgan fingerprint density at radius 3 is 2.81 bits per heavy atom. The number of hydrogen-bond donors (Lipinski definition) is 0. The van der Waals surface area contributed by atoms with Crippen molar-refractivity contribution in [2.24, 2.45) is 0 Å². The van der Waals surface area contributed by atoms with Crippen LogP contribution < -0.4 is 9.64 Å². The topological polar surface area (TPSA) is 58.6 Å². The summed E-state index contributed by atoms with van der Waals surface area (Å²) in [6, 6.07) is 9.94. The Hall–Kier alpha value is -2.63. The van der Waals surface area contributed by atoms with Gasteiger partial charge in [-0.05, 0) is 30.5 Å². The molecule has 4 rings (SSSR count). The summed E-state index contributed by atoms with van der Waals surface area (Å²) in [5, 5.41) is 0. The maximum Gasteiger partial charge on any atom is 0.242 e. The van der Waals surface area contributed by atoms with E-state index in [1.807, 2.05) is 29.2 Å². The second-order valence-electron chi connectivity index (χ2n) is 7.02. The number of aromatic nitrogens is 2. The number of hydrogen-bond acceptors (Lipinski definition) is 5. The van der Waals surface area contributed by atoms with E-state index in [0.717, 1.165) is 29.4 Å². The van der Waals surface area contributed by atoms with Crippen molar-refractivity contribution in [3.05, 3.63) is 47.9 Å². The molecule has 0 unspecified atom stereocenters. The van der Waals surface area contributed by atoms with Crippen LogP contribution in [0.2, 0.25) is 0 Å². The van der Waals surface area contributed by atoms with Gasteiger partial charge in [-0.25, -0.2) is 9.97 Å². The molecule has 26 heavy (non-hydrogen) atoms. The lowest BCUT2D eigenvalue weighted by molar-refractivity contribution is -0.131. The number of rotatable bonds is 5. The number of carbonyl (C=O) groups is 1. The number of benzene rings is 1. The van der Waals surface area contributed by atoms with Crippen LogP contribution in [0, 0.1) is 0 Å². The van der Waals surface area contributed by atoms with Gasteiger partial charge in [0.25, 0.3) is 0 Å². The van der Waals surface area contributed by atoms with Gasteiger partial charge in [-0.3, -0.25) is 4.79 Å². The van der Waals surface area contributed by atoms with Crippen molar-refractivity contribution in [2.45, 2.75) is 31.7 Å². The fourth-order valence-corrected chi connectivity index (χ4v) is 3.52. The van der Waals surface area contributed by atoms with E-state index in [1.54, 1.807) is 13.4 Å². The maximum atomic E-state index is 12.6. The summed E-state index contributed by atoms with van der Waals surface area (Å²) in [4.78, 5) is 25.4. The minimum atomic E-state index is 0.128. The van der Waals surface area contributed by atoms with Crippen LogP contribution in [-0.2, 0) is 11.3 Å². The zero-order valence-electron chi connectivity index (χ0n) is 15.1. The monoisotopic (exact) mass is 352 g/mol. The number of ether oxygens (including phenoxy) is 1. The lowest BCUT2D eigenvalue weighted by Gasteiger charge is -2.35. The lowest BCUT2D eigenvalue weighted by atomic mass is 9.83. The highest BCUT2D eigenvalue weighted by molar-refractivity contribution is 5.82. The molecular formula is C20H24N4O2. The average Bonchev–Trinajstić information content (AvgIpc) is 2.62. The van der Waals surface area contributed by atoms with E-state index < -0.39 is 0 Å². The van der Waals surface area contributed by atoms with E-state index >= 15 is 0 Å². The van der Waals surface area contributed by atoms with E-state index in [4.69, 9.17) is 4.74 Å². The summed E-state index contributed by atoms with van der Waals surface area (Å²) in [5.74, 6) is 2.39. The van der Waals surface area contributed by atoms with Crippen LogP contribution in [-0.4, -0.2) is 47.5 Å². The van der Waals surface area contributed by atoms with Gasteiger partial charge in [0, 0.05) is 37.3 Å². The Kier molecular flexibility index (Phi) is 4.73. The number of carbonyl (C=O) groups excluding carboxylic acids is 1. The van der Waals surface area contributed by atoms with E-state index in [-0.39, 0.29) is 5.91 Å². The maximum absolute atomic E-state index is 12.6. The van der Waals surface area contributed by atoms with E-state index in [1.165, 1.54) is 19.3 Å². The number of nitrogens with zero attached hydrogens (tertiary/aromatic N) is 4. The number of piperazine rings is 1. The molecule has 2 aromatic rings. The van der Waals surface area contributed by atoms with Crippen molar-refractivity contribution in [3.8, 4) is 5.75 Å². The fraction of sp³-hybridized carbons (Fsp3) is 0.450. The molecule has 2 fully saturated rings. The van der Waals surface area contributed by atoms with Gasteiger partial charge in [0.1, 0.15) is 17.9 Å². The lowest BCUT2D eigenvalue weighted by Crippen LogP contribution is -2.50. The first-order valence-corrected chi connectivity index (χ1v) is 9.20. The predicted octanol–water partition coefficient (Wildman–Crippen LogP) is 2.60. The first kappa shape index (κ1) is 16.8. The molecule has 1 amide bonds. The zero-order chi connectivity index (χ0) is 17.9. The second-order valence-corrected chi connectivity index (χ2v) is 7.02. The molecule has 0 bridgehead atoms. The second kappa shape index (κ2) is 7.32. The molecule has 1 aliphatic heterocycles. The van der Waals surface area contributed by atoms with Crippen LogP contribution >= 0.6 is 0 Å². The first-order chi connectivity index (χ1) is 12.7. The summed E-state index contributed by atoms with van der Waals surface area (Å²) in [5.41, 5.74) is 2.20. The highest BCUT2D eigenvalue weighted by atomic mass is 16.5. The Bertz CT molecular complexity index is 791. The van der Waals surface area contributed by atoms with Gasteiger partial charge in [-0.15, -0.1) is 0 Å².